The minimum atomic E-state index is -3.25. The normalized spacial score (nSPS) is 24.7. The molecule has 2 fully saturated rings. The van der Waals surface area contributed by atoms with Crippen molar-refractivity contribution >= 4 is 27.7 Å². The maximum Gasteiger partial charge on any atom is 0.221 e. The number of hydrogen-bond acceptors (Lipinski definition) is 6. The third-order valence-electron chi connectivity index (χ3n) is 3.48. The quantitative estimate of drug-likeness (QED) is 0.637. The van der Waals surface area contributed by atoms with E-state index in [0.29, 0.717) is 32.7 Å². The van der Waals surface area contributed by atoms with Crippen LogP contribution in [0.3, 0.4) is 0 Å². The van der Waals surface area contributed by atoms with Gasteiger partial charge in [0.2, 0.25) is 15.9 Å². The topological polar surface area (TPSA) is 87.7 Å². The summed E-state index contributed by atoms with van der Waals surface area (Å²) < 4.78 is 31.0. The standard InChI is InChI=1S/C12H23N3O4S2/c16-12(9-11-10-19-5-1-13-11)14-2-8-21(17,18)15-3-6-20-7-4-15/h11,13H,1-10H2,(H,14,16). The lowest BCUT2D eigenvalue weighted by Crippen LogP contribution is -2.45. The summed E-state index contributed by atoms with van der Waals surface area (Å²) in [6.07, 6.45) is 0.320. The maximum absolute atomic E-state index is 12.1. The molecule has 1 unspecified atom stereocenters. The molecule has 0 saturated carbocycles. The maximum atomic E-state index is 12.1. The van der Waals surface area contributed by atoms with Crippen molar-refractivity contribution in [3.8, 4) is 0 Å². The fourth-order valence-corrected chi connectivity index (χ4v) is 4.81. The SMILES string of the molecule is O=C(CC1COCCN1)NCCS(=O)(=O)N1CCSCC1. The van der Waals surface area contributed by atoms with E-state index in [9.17, 15) is 13.2 Å². The van der Waals surface area contributed by atoms with Crippen LogP contribution in [0.2, 0.25) is 0 Å². The Morgan fingerprint density at radius 2 is 2.14 bits per heavy atom. The monoisotopic (exact) mass is 337 g/mol. The van der Waals surface area contributed by atoms with E-state index in [0.717, 1.165) is 18.1 Å². The summed E-state index contributed by atoms with van der Waals surface area (Å²) in [5.74, 6) is 1.53. The number of rotatable bonds is 6. The van der Waals surface area contributed by atoms with Crippen LogP contribution >= 0.6 is 11.8 Å². The van der Waals surface area contributed by atoms with Crippen molar-refractivity contribution in [1.29, 1.82) is 0 Å². The highest BCUT2D eigenvalue weighted by molar-refractivity contribution is 7.99. The molecule has 0 bridgehead atoms. The Morgan fingerprint density at radius 3 is 2.81 bits per heavy atom. The molecule has 0 spiro atoms. The van der Waals surface area contributed by atoms with Crippen molar-refractivity contribution in [1.82, 2.24) is 14.9 Å². The number of nitrogens with one attached hydrogen (secondary N) is 2. The molecule has 0 aromatic carbocycles. The molecular weight excluding hydrogens is 314 g/mol. The summed E-state index contributed by atoms with van der Waals surface area (Å²) in [6.45, 7) is 3.26. The zero-order valence-electron chi connectivity index (χ0n) is 12.0. The Morgan fingerprint density at radius 1 is 1.38 bits per heavy atom. The first-order valence-corrected chi connectivity index (χ1v) is 9.98. The highest BCUT2D eigenvalue weighted by atomic mass is 32.2. The number of carbonyl (C=O) groups is 1. The minimum absolute atomic E-state index is 0.0227. The Kier molecular flexibility index (Phi) is 6.74. The molecule has 0 aliphatic carbocycles. The predicted molar refractivity (Wildman–Crippen MR) is 82.9 cm³/mol. The molecular formula is C12H23N3O4S2. The van der Waals surface area contributed by atoms with Crippen LogP contribution in [0.5, 0.6) is 0 Å². The molecule has 7 nitrogen and oxygen atoms in total. The van der Waals surface area contributed by atoms with Crippen LogP contribution in [0.4, 0.5) is 0 Å². The minimum Gasteiger partial charge on any atom is -0.378 e. The molecule has 2 aliphatic rings. The fraction of sp³-hybridized carbons (Fsp3) is 0.917. The molecule has 0 radical (unpaired) electrons. The van der Waals surface area contributed by atoms with Crippen LogP contribution in [-0.2, 0) is 19.6 Å². The van der Waals surface area contributed by atoms with E-state index in [1.54, 1.807) is 11.8 Å². The Labute approximate surface area is 130 Å². The van der Waals surface area contributed by atoms with Crippen molar-refractivity contribution in [2.45, 2.75) is 12.5 Å². The second-order valence-corrected chi connectivity index (χ2v) is 8.42. The number of morpholine rings is 1. The van der Waals surface area contributed by atoms with Gasteiger partial charge < -0.3 is 15.4 Å². The number of ether oxygens (including phenoxy) is 1. The number of amides is 1. The van der Waals surface area contributed by atoms with Crippen LogP contribution in [0, 0.1) is 0 Å². The van der Waals surface area contributed by atoms with Crippen LogP contribution in [0.15, 0.2) is 0 Å². The smallest absolute Gasteiger partial charge is 0.221 e. The van der Waals surface area contributed by atoms with Gasteiger partial charge in [-0.3, -0.25) is 4.79 Å². The number of hydrogen-bond donors (Lipinski definition) is 2. The van der Waals surface area contributed by atoms with Gasteiger partial charge in [-0.15, -0.1) is 0 Å². The Bertz CT molecular complexity index is 432. The third kappa shape index (κ3) is 5.74. The number of thioether (sulfide) groups is 1. The van der Waals surface area contributed by atoms with E-state index in [1.165, 1.54) is 4.31 Å². The lowest BCUT2D eigenvalue weighted by molar-refractivity contribution is -0.122. The summed E-state index contributed by atoms with van der Waals surface area (Å²) in [5, 5.41) is 5.87. The Balaban J connectivity index is 1.66. The molecule has 2 aliphatic heterocycles. The summed E-state index contributed by atoms with van der Waals surface area (Å²) in [6, 6.07) is 0.0227. The molecule has 122 valence electrons. The fourth-order valence-electron chi connectivity index (χ4n) is 2.32. The molecule has 0 aromatic heterocycles. The molecule has 2 rings (SSSR count). The first-order chi connectivity index (χ1) is 10.1. The van der Waals surface area contributed by atoms with Crippen LogP contribution in [0.25, 0.3) is 0 Å². The highest BCUT2D eigenvalue weighted by Gasteiger charge is 2.24. The van der Waals surface area contributed by atoms with Crippen molar-refractivity contribution < 1.29 is 17.9 Å². The molecule has 0 aromatic rings. The van der Waals surface area contributed by atoms with Crippen LogP contribution in [-0.4, -0.2) is 81.3 Å². The first-order valence-electron chi connectivity index (χ1n) is 7.21. The second kappa shape index (κ2) is 8.33. The van der Waals surface area contributed by atoms with Gasteiger partial charge in [0.05, 0.1) is 19.0 Å². The molecule has 21 heavy (non-hydrogen) atoms. The number of nitrogens with zero attached hydrogens (tertiary/aromatic N) is 1. The van der Waals surface area contributed by atoms with E-state index in [-0.39, 0.29) is 24.2 Å². The van der Waals surface area contributed by atoms with Crippen LogP contribution < -0.4 is 10.6 Å². The molecule has 2 N–H and O–H groups in total. The molecule has 1 atom stereocenters. The van der Waals surface area contributed by atoms with Gasteiger partial charge in [0.25, 0.3) is 0 Å². The highest BCUT2D eigenvalue weighted by Crippen LogP contribution is 2.13. The second-order valence-electron chi connectivity index (χ2n) is 5.11. The molecule has 1 amide bonds. The van der Waals surface area contributed by atoms with Crippen molar-refractivity contribution in [2.75, 3.05) is 56.7 Å². The lowest BCUT2D eigenvalue weighted by Gasteiger charge is -2.26. The summed E-state index contributed by atoms with van der Waals surface area (Å²) >= 11 is 1.77. The summed E-state index contributed by atoms with van der Waals surface area (Å²) in [7, 11) is -3.25. The zero-order valence-corrected chi connectivity index (χ0v) is 13.7. The van der Waals surface area contributed by atoms with Crippen molar-refractivity contribution in [2.24, 2.45) is 0 Å². The summed E-state index contributed by atoms with van der Waals surface area (Å²) in [5.41, 5.74) is 0. The zero-order chi connectivity index (χ0) is 15.1. The number of carbonyl (C=O) groups excluding carboxylic acids is 1. The molecule has 9 heteroatoms. The third-order valence-corrected chi connectivity index (χ3v) is 6.29. The van der Waals surface area contributed by atoms with E-state index in [4.69, 9.17) is 4.74 Å². The van der Waals surface area contributed by atoms with Gasteiger partial charge in [-0.1, -0.05) is 0 Å². The van der Waals surface area contributed by atoms with Gasteiger partial charge in [0.15, 0.2) is 0 Å². The van der Waals surface area contributed by atoms with E-state index >= 15 is 0 Å². The van der Waals surface area contributed by atoms with E-state index in [1.807, 2.05) is 0 Å². The van der Waals surface area contributed by atoms with Gasteiger partial charge in [0.1, 0.15) is 0 Å². The predicted octanol–water partition coefficient (Wildman–Crippen LogP) is -1.14. The van der Waals surface area contributed by atoms with Gasteiger partial charge in [-0.05, 0) is 0 Å². The average molecular weight is 337 g/mol. The van der Waals surface area contributed by atoms with E-state index in [2.05, 4.69) is 10.6 Å². The average Bonchev–Trinajstić information content (AvgIpc) is 2.49. The molecule has 2 heterocycles. The first kappa shape index (κ1) is 17.0. The van der Waals surface area contributed by atoms with Gasteiger partial charge in [0, 0.05) is 50.1 Å². The van der Waals surface area contributed by atoms with Gasteiger partial charge in [-0.2, -0.15) is 11.8 Å². The number of sulfonamides is 1. The van der Waals surface area contributed by atoms with E-state index < -0.39 is 10.0 Å². The lowest BCUT2D eigenvalue weighted by atomic mass is 10.2. The van der Waals surface area contributed by atoms with Crippen molar-refractivity contribution in [3.05, 3.63) is 0 Å². The van der Waals surface area contributed by atoms with Crippen LogP contribution in [0.1, 0.15) is 6.42 Å². The van der Waals surface area contributed by atoms with Gasteiger partial charge in [-0.25, -0.2) is 12.7 Å². The Hall–Kier alpha value is -0.350. The molecule has 2 saturated heterocycles. The van der Waals surface area contributed by atoms with Crippen molar-refractivity contribution in [3.63, 3.8) is 0 Å². The van der Waals surface area contributed by atoms with Gasteiger partial charge >= 0.3 is 0 Å². The largest absolute Gasteiger partial charge is 0.378 e. The summed E-state index contributed by atoms with van der Waals surface area (Å²) in [4.78, 5) is 11.8.